The number of sulfone groups is 1. The van der Waals surface area contributed by atoms with E-state index < -0.39 is 19.9 Å². The first-order valence-corrected chi connectivity index (χ1v) is 15.8. The average Bonchev–Trinajstić information content (AvgIpc) is 3.27. The molecule has 4 rings (SSSR count). The molecule has 0 bridgehead atoms. The lowest BCUT2D eigenvalue weighted by Crippen LogP contribution is -2.37. The molecule has 202 valence electrons. The van der Waals surface area contributed by atoms with Crippen LogP contribution in [0.25, 0.3) is 10.2 Å². The summed E-state index contributed by atoms with van der Waals surface area (Å²) in [7, 11) is -3.31. The van der Waals surface area contributed by atoms with E-state index in [0.29, 0.717) is 47.1 Å². The van der Waals surface area contributed by atoms with Gasteiger partial charge in [0, 0.05) is 38.0 Å². The van der Waals surface area contributed by atoms with E-state index in [-0.39, 0.29) is 28.1 Å². The SMILES string of the molecule is CN(C)CCN(C(=O)c1ccc(S(=O)(=O)N2CCCCC2)cc1)c1nc2c(S(C)(=O)=O)cccc2s1.Cl. The second kappa shape index (κ2) is 11.7. The number of aromatic nitrogens is 1. The summed E-state index contributed by atoms with van der Waals surface area (Å²) in [6.45, 7) is 1.90. The summed E-state index contributed by atoms with van der Waals surface area (Å²) in [6.07, 6.45) is 3.86. The Hall–Kier alpha value is -2.09. The highest BCUT2D eigenvalue weighted by molar-refractivity contribution is 7.91. The number of carbonyl (C=O) groups is 1. The molecule has 2 heterocycles. The Labute approximate surface area is 228 Å². The highest BCUT2D eigenvalue weighted by Gasteiger charge is 2.27. The van der Waals surface area contributed by atoms with Crippen LogP contribution in [-0.4, -0.2) is 83.5 Å². The molecule has 0 radical (unpaired) electrons. The average molecular weight is 587 g/mol. The van der Waals surface area contributed by atoms with Gasteiger partial charge >= 0.3 is 0 Å². The Kier molecular flexibility index (Phi) is 9.36. The summed E-state index contributed by atoms with van der Waals surface area (Å²) < 4.78 is 52.6. The molecule has 0 spiro atoms. The number of amides is 1. The Bertz CT molecular complexity index is 1470. The van der Waals surface area contributed by atoms with Crippen LogP contribution in [-0.2, 0) is 19.9 Å². The van der Waals surface area contributed by atoms with E-state index in [4.69, 9.17) is 0 Å². The lowest BCUT2D eigenvalue weighted by molar-refractivity contribution is 0.0985. The monoisotopic (exact) mass is 586 g/mol. The van der Waals surface area contributed by atoms with Crippen molar-refractivity contribution in [3.8, 4) is 0 Å². The third-order valence-corrected chi connectivity index (χ3v) is 10.2. The molecule has 3 aromatic rings. The largest absolute Gasteiger partial charge is 0.308 e. The number of nitrogens with zero attached hydrogens (tertiary/aromatic N) is 4. The number of sulfonamides is 1. The topological polar surface area (TPSA) is 108 Å². The van der Waals surface area contributed by atoms with E-state index in [2.05, 4.69) is 4.98 Å². The van der Waals surface area contributed by atoms with Gasteiger partial charge in [0.15, 0.2) is 15.0 Å². The fraction of sp³-hybridized carbons (Fsp3) is 0.417. The van der Waals surface area contributed by atoms with Gasteiger partial charge < -0.3 is 4.90 Å². The van der Waals surface area contributed by atoms with Crippen LogP contribution < -0.4 is 4.90 Å². The predicted octanol–water partition coefficient (Wildman–Crippen LogP) is 3.50. The molecule has 9 nitrogen and oxygen atoms in total. The molecule has 1 saturated heterocycles. The van der Waals surface area contributed by atoms with Crippen molar-refractivity contribution >= 4 is 64.9 Å². The lowest BCUT2D eigenvalue weighted by atomic mass is 10.2. The van der Waals surface area contributed by atoms with E-state index in [1.807, 2.05) is 19.0 Å². The number of thiazole rings is 1. The highest BCUT2D eigenvalue weighted by atomic mass is 35.5. The van der Waals surface area contributed by atoms with E-state index in [1.54, 1.807) is 12.1 Å². The predicted molar refractivity (Wildman–Crippen MR) is 149 cm³/mol. The standard InChI is InChI=1S/C24H30N4O5S3.ClH/c1-26(2)16-17-28(24-25-22-20(34-24)8-7-9-21(22)35(3,30)31)23(29)18-10-12-19(13-11-18)36(32,33)27-14-5-4-6-15-27;/h7-13H,4-6,14-17H2,1-3H3;1H. The minimum absolute atomic E-state index is 0. The van der Waals surface area contributed by atoms with Crippen LogP contribution in [0.2, 0.25) is 0 Å². The summed E-state index contributed by atoms with van der Waals surface area (Å²) in [5, 5.41) is 0.387. The Balaban J connectivity index is 0.00000380. The van der Waals surface area contributed by atoms with Crippen LogP contribution in [0.3, 0.4) is 0 Å². The van der Waals surface area contributed by atoms with Crippen molar-refractivity contribution in [2.75, 3.05) is 51.4 Å². The number of piperidine rings is 1. The van der Waals surface area contributed by atoms with E-state index in [9.17, 15) is 21.6 Å². The van der Waals surface area contributed by atoms with Gasteiger partial charge in [0.2, 0.25) is 10.0 Å². The van der Waals surface area contributed by atoms with Crippen LogP contribution in [0.15, 0.2) is 52.3 Å². The molecule has 1 aromatic heterocycles. The van der Waals surface area contributed by atoms with E-state index >= 15 is 0 Å². The first-order valence-electron chi connectivity index (χ1n) is 11.6. The van der Waals surface area contributed by atoms with Gasteiger partial charge in [-0.05, 0) is 63.3 Å². The number of likely N-dealkylation sites (N-methyl/N-ethyl adjacent to an activating group) is 1. The first-order chi connectivity index (χ1) is 17.0. The van der Waals surface area contributed by atoms with Gasteiger partial charge in [-0.3, -0.25) is 9.69 Å². The van der Waals surface area contributed by atoms with Crippen molar-refractivity contribution in [1.29, 1.82) is 0 Å². The summed E-state index contributed by atoms with van der Waals surface area (Å²) in [6, 6.07) is 10.9. The summed E-state index contributed by atoms with van der Waals surface area (Å²) in [5.41, 5.74) is 0.666. The molecule has 37 heavy (non-hydrogen) atoms. The number of rotatable bonds is 8. The molecule has 1 amide bonds. The molecule has 0 N–H and O–H groups in total. The van der Waals surface area contributed by atoms with Gasteiger partial charge in [0.1, 0.15) is 5.52 Å². The van der Waals surface area contributed by atoms with Crippen molar-refractivity contribution in [2.24, 2.45) is 0 Å². The van der Waals surface area contributed by atoms with Crippen LogP contribution in [0.5, 0.6) is 0 Å². The van der Waals surface area contributed by atoms with Gasteiger partial charge in [0.05, 0.1) is 14.5 Å². The van der Waals surface area contributed by atoms with Crippen molar-refractivity contribution < 1.29 is 21.6 Å². The number of carbonyl (C=O) groups excluding carboxylic acids is 1. The van der Waals surface area contributed by atoms with Gasteiger partial charge in [-0.1, -0.05) is 23.8 Å². The quantitative estimate of drug-likeness (QED) is 0.397. The normalized spacial score (nSPS) is 15.0. The van der Waals surface area contributed by atoms with Crippen molar-refractivity contribution in [3.05, 3.63) is 48.0 Å². The van der Waals surface area contributed by atoms with Crippen LogP contribution in [0.4, 0.5) is 5.13 Å². The molecule has 0 unspecified atom stereocenters. The second-order valence-electron chi connectivity index (χ2n) is 9.12. The third-order valence-electron chi connectivity index (χ3n) is 6.07. The summed E-state index contributed by atoms with van der Waals surface area (Å²) in [5.74, 6) is -0.335. The minimum Gasteiger partial charge on any atom is -0.308 e. The van der Waals surface area contributed by atoms with Gasteiger partial charge in [-0.25, -0.2) is 21.8 Å². The van der Waals surface area contributed by atoms with E-state index in [1.165, 1.54) is 50.9 Å². The number of anilines is 1. The zero-order valence-corrected chi connectivity index (χ0v) is 24.2. The zero-order chi connectivity index (χ0) is 26.1. The molecule has 0 aliphatic carbocycles. The number of fused-ring (bicyclic) bond motifs is 1. The number of halogens is 1. The molecular weight excluding hydrogens is 556 g/mol. The highest BCUT2D eigenvalue weighted by Crippen LogP contribution is 2.33. The Morgan fingerprint density at radius 3 is 2.22 bits per heavy atom. The molecule has 1 aliphatic rings. The maximum absolute atomic E-state index is 13.6. The van der Waals surface area contributed by atoms with Crippen LogP contribution in [0.1, 0.15) is 29.6 Å². The molecule has 0 atom stereocenters. The first kappa shape index (κ1) is 29.5. The van der Waals surface area contributed by atoms with E-state index in [0.717, 1.165) is 25.5 Å². The second-order valence-corrected chi connectivity index (χ2v) is 14.1. The number of benzene rings is 2. The van der Waals surface area contributed by atoms with Crippen LogP contribution >= 0.6 is 23.7 Å². The third kappa shape index (κ3) is 6.50. The van der Waals surface area contributed by atoms with Crippen molar-refractivity contribution in [1.82, 2.24) is 14.2 Å². The molecule has 0 saturated carbocycles. The Morgan fingerprint density at radius 1 is 0.973 bits per heavy atom. The fourth-order valence-electron chi connectivity index (χ4n) is 4.09. The maximum atomic E-state index is 13.6. The molecule has 2 aromatic carbocycles. The molecule has 13 heteroatoms. The fourth-order valence-corrected chi connectivity index (χ4v) is 7.52. The minimum atomic E-state index is -3.60. The maximum Gasteiger partial charge on any atom is 0.260 e. The van der Waals surface area contributed by atoms with Gasteiger partial charge in [-0.15, -0.1) is 12.4 Å². The molecule has 1 aliphatic heterocycles. The number of para-hydroxylation sites is 1. The van der Waals surface area contributed by atoms with Crippen molar-refractivity contribution in [3.63, 3.8) is 0 Å². The van der Waals surface area contributed by atoms with Gasteiger partial charge in [0.25, 0.3) is 5.91 Å². The summed E-state index contributed by atoms with van der Waals surface area (Å²) in [4.78, 5) is 21.9. The zero-order valence-electron chi connectivity index (χ0n) is 21.0. The van der Waals surface area contributed by atoms with Gasteiger partial charge in [-0.2, -0.15) is 4.31 Å². The van der Waals surface area contributed by atoms with Crippen LogP contribution in [0, 0.1) is 0 Å². The summed E-state index contributed by atoms with van der Waals surface area (Å²) >= 11 is 1.24. The molecular formula is C24H31ClN4O5S3. The lowest BCUT2D eigenvalue weighted by Gasteiger charge is -2.26. The van der Waals surface area contributed by atoms with Crippen molar-refractivity contribution in [2.45, 2.75) is 29.1 Å². The Morgan fingerprint density at radius 2 is 1.62 bits per heavy atom. The number of hydrogen-bond donors (Lipinski definition) is 0. The molecule has 1 fully saturated rings. The number of hydrogen-bond acceptors (Lipinski definition) is 8. The smallest absolute Gasteiger partial charge is 0.260 e.